The summed E-state index contributed by atoms with van der Waals surface area (Å²) in [4.78, 5) is 43.5. The minimum Gasteiger partial charge on any atom is -0.497 e. The molecule has 3 N–H and O–H groups in total. The average Bonchev–Trinajstić information content (AvgIpc) is 3.66. The van der Waals surface area contributed by atoms with Gasteiger partial charge in [0.15, 0.2) is 23.0 Å². The fourth-order valence-corrected chi connectivity index (χ4v) is 10.1. The molecular weight excluding hydrogens is 941 g/mol. The highest BCUT2D eigenvalue weighted by atomic mass is 16.6. The summed E-state index contributed by atoms with van der Waals surface area (Å²) in [5, 5.41) is 9.47. The smallest absolute Gasteiger partial charge is 0.407 e. The minimum atomic E-state index is -0.473. The van der Waals surface area contributed by atoms with Crippen molar-refractivity contribution < 1.29 is 61.8 Å². The van der Waals surface area contributed by atoms with Gasteiger partial charge in [-0.25, -0.2) is 9.59 Å². The zero-order chi connectivity index (χ0) is 52.0. The largest absolute Gasteiger partial charge is 0.497 e. The standard InChI is InChI=1S/C28H37N3O7.C26H35N3O6/c1-18(32)31-12-10-30(11-13-31)14-15-38-28(33)29-23-9-6-19-16-24(35-3)26(36-4)27(37-5)25(19)21-8-7-20(34-2)17-22(21)23;1-31-18-6-7-19-20(16-18)21(28-26(30)35-14-13-29-11-9-27-10-12-29)8-5-17-15-22(32-2)24(33-3)25(34-4)23(17)19/h7-8,16-17,23H,6,9-15H2,1-5H3,(H,29,33);6-7,15-16,21,27H,5,8-14H2,1-4H3,(H,28,30)/t23-;21-/m00/s1. The van der Waals surface area contributed by atoms with Crippen molar-refractivity contribution in [3.63, 3.8) is 0 Å². The van der Waals surface area contributed by atoms with Gasteiger partial charge in [0.25, 0.3) is 0 Å². The Morgan fingerprint density at radius 1 is 0.534 bits per heavy atom. The molecule has 2 aliphatic carbocycles. The van der Waals surface area contributed by atoms with Crippen LogP contribution >= 0.6 is 0 Å². The van der Waals surface area contributed by atoms with Gasteiger partial charge in [0, 0.05) is 83.5 Å². The molecule has 0 radical (unpaired) electrons. The second-order valence-corrected chi connectivity index (χ2v) is 17.9. The van der Waals surface area contributed by atoms with Gasteiger partial charge in [-0.3, -0.25) is 14.6 Å². The molecule has 396 valence electrons. The summed E-state index contributed by atoms with van der Waals surface area (Å²) in [6.07, 6.45) is 1.81. The van der Waals surface area contributed by atoms with Gasteiger partial charge >= 0.3 is 12.2 Å². The predicted octanol–water partition coefficient (Wildman–Crippen LogP) is 6.27. The Kier molecular flexibility index (Phi) is 19.0. The summed E-state index contributed by atoms with van der Waals surface area (Å²) >= 11 is 0. The van der Waals surface area contributed by atoms with Crippen LogP contribution < -0.4 is 53.8 Å². The number of nitrogens with one attached hydrogen (secondary N) is 3. The summed E-state index contributed by atoms with van der Waals surface area (Å²) < 4.78 is 56.2. The van der Waals surface area contributed by atoms with Crippen LogP contribution in [0.1, 0.15) is 54.1 Å². The fraction of sp³-hybridized carbons (Fsp3) is 0.500. The molecule has 0 unspecified atom stereocenters. The maximum Gasteiger partial charge on any atom is 0.407 e. The molecule has 2 atom stereocenters. The molecule has 19 nitrogen and oxygen atoms in total. The molecular formula is C54H72N6O13. The normalized spacial score (nSPS) is 17.2. The van der Waals surface area contributed by atoms with Crippen LogP contribution in [0.2, 0.25) is 0 Å². The zero-order valence-electron chi connectivity index (χ0n) is 43.7. The first-order chi connectivity index (χ1) is 35.5. The van der Waals surface area contributed by atoms with E-state index < -0.39 is 12.2 Å². The molecule has 73 heavy (non-hydrogen) atoms. The summed E-state index contributed by atoms with van der Waals surface area (Å²) in [6.45, 7) is 10.4. The molecule has 0 bridgehead atoms. The Hall–Kier alpha value is -6.83. The summed E-state index contributed by atoms with van der Waals surface area (Å²) in [6, 6.07) is 15.1. The number of amides is 3. The van der Waals surface area contributed by atoms with Gasteiger partial charge in [0.1, 0.15) is 24.7 Å². The highest BCUT2D eigenvalue weighted by Crippen LogP contribution is 2.52. The molecule has 3 amide bonds. The van der Waals surface area contributed by atoms with Crippen molar-refractivity contribution in [2.24, 2.45) is 0 Å². The molecule has 0 saturated carbocycles. The lowest BCUT2D eigenvalue weighted by Gasteiger charge is -2.33. The van der Waals surface area contributed by atoms with E-state index in [9.17, 15) is 14.4 Å². The van der Waals surface area contributed by atoms with Crippen LogP contribution in [0.4, 0.5) is 9.59 Å². The molecule has 8 rings (SSSR count). The van der Waals surface area contributed by atoms with Gasteiger partial charge in [-0.2, -0.15) is 0 Å². The van der Waals surface area contributed by atoms with Crippen molar-refractivity contribution in [1.29, 1.82) is 0 Å². The van der Waals surface area contributed by atoms with Crippen molar-refractivity contribution in [2.75, 3.05) is 136 Å². The molecule has 19 heteroatoms. The Balaban J connectivity index is 0.000000214. The average molecular weight is 1010 g/mol. The van der Waals surface area contributed by atoms with Gasteiger partial charge in [-0.05, 0) is 95.5 Å². The SMILES string of the molecule is COc1ccc2c(c1)[C@@H](NC(=O)OCCN1CCN(C(C)=O)CC1)CCc1cc(OC)c(OC)c(OC)c1-2.COc1ccc2c(c1)[C@@H](NC(=O)OCCN1CCNCC1)CCc1cc(OC)c(OC)c(OC)c1-2. The van der Waals surface area contributed by atoms with Crippen molar-refractivity contribution in [3.05, 3.63) is 70.8 Å². The van der Waals surface area contributed by atoms with E-state index in [1.54, 1.807) is 63.8 Å². The number of piperazine rings is 2. The van der Waals surface area contributed by atoms with Crippen LogP contribution in [-0.4, -0.2) is 168 Å². The third-order valence-electron chi connectivity index (χ3n) is 13.9. The van der Waals surface area contributed by atoms with Crippen molar-refractivity contribution in [3.8, 4) is 68.2 Å². The number of aryl methyl sites for hydroxylation is 2. The topological polar surface area (TPSA) is 189 Å². The summed E-state index contributed by atoms with van der Waals surface area (Å²) in [5.74, 6) is 4.94. The lowest BCUT2D eigenvalue weighted by molar-refractivity contribution is -0.130. The minimum absolute atomic E-state index is 0.0947. The van der Waals surface area contributed by atoms with Crippen LogP contribution in [0.3, 0.4) is 0 Å². The molecule has 4 aromatic carbocycles. The Morgan fingerprint density at radius 3 is 1.34 bits per heavy atom. The molecule has 0 aromatic heterocycles. The Morgan fingerprint density at radius 2 is 0.959 bits per heavy atom. The van der Waals surface area contributed by atoms with E-state index in [0.717, 1.165) is 90.3 Å². The number of hydrogen-bond acceptors (Lipinski definition) is 16. The van der Waals surface area contributed by atoms with E-state index in [4.69, 9.17) is 47.4 Å². The number of rotatable bonds is 16. The number of alkyl carbamates (subject to hydrolysis) is 2. The summed E-state index contributed by atoms with van der Waals surface area (Å²) in [5.41, 5.74) is 7.64. The van der Waals surface area contributed by atoms with Gasteiger partial charge in [0.2, 0.25) is 17.4 Å². The number of methoxy groups -OCH3 is 8. The molecule has 2 aliphatic heterocycles. The lowest BCUT2D eigenvalue weighted by atomic mass is 9.93. The highest BCUT2D eigenvalue weighted by molar-refractivity contribution is 5.85. The van der Waals surface area contributed by atoms with E-state index in [0.29, 0.717) is 97.9 Å². The highest BCUT2D eigenvalue weighted by Gasteiger charge is 2.32. The molecule has 2 saturated heterocycles. The first kappa shape index (κ1) is 54.0. The van der Waals surface area contributed by atoms with Crippen molar-refractivity contribution >= 4 is 18.1 Å². The predicted molar refractivity (Wildman–Crippen MR) is 275 cm³/mol. The van der Waals surface area contributed by atoms with Gasteiger partial charge in [-0.15, -0.1) is 0 Å². The van der Waals surface area contributed by atoms with Crippen LogP contribution in [0.15, 0.2) is 48.5 Å². The van der Waals surface area contributed by atoms with Crippen LogP contribution in [0.25, 0.3) is 22.3 Å². The van der Waals surface area contributed by atoms with E-state index >= 15 is 0 Å². The Labute approximate surface area is 428 Å². The molecule has 4 aromatic rings. The second-order valence-electron chi connectivity index (χ2n) is 17.9. The molecule has 2 heterocycles. The van der Waals surface area contributed by atoms with Gasteiger partial charge in [0.05, 0.1) is 69.0 Å². The van der Waals surface area contributed by atoms with E-state index in [2.05, 4.69) is 25.8 Å². The first-order valence-electron chi connectivity index (χ1n) is 24.8. The first-order valence-corrected chi connectivity index (χ1v) is 24.8. The number of hydrogen-bond donors (Lipinski definition) is 3. The lowest BCUT2D eigenvalue weighted by Crippen LogP contribution is -2.48. The van der Waals surface area contributed by atoms with E-state index in [-0.39, 0.29) is 24.6 Å². The molecule has 4 aliphatic rings. The quantitative estimate of drug-likeness (QED) is 0.114. The Bertz CT molecular complexity index is 2550. The third kappa shape index (κ3) is 12.7. The summed E-state index contributed by atoms with van der Waals surface area (Å²) in [7, 11) is 12.9. The van der Waals surface area contributed by atoms with Crippen LogP contribution in [0, 0.1) is 0 Å². The zero-order valence-corrected chi connectivity index (χ0v) is 43.7. The number of benzene rings is 4. The monoisotopic (exact) mass is 1010 g/mol. The van der Waals surface area contributed by atoms with E-state index in [1.807, 2.05) is 53.4 Å². The van der Waals surface area contributed by atoms with Crippen LogP contribution in [0.5, 0.6) is 46.0 Å². The van der Waals surface area contributed by atoms with Crippen LogP contribution in [-0.2, 0) is 27.1 Å². The number of carbonyl (C=O) groups is 3. The van der Waals surface area contributed by atoms with Crippen molar-refractivity contribution in [1.82, 2.24) is 30.7 Å². The van der Waals surface area contributed by atoms with Gasteiger partial charge < -0.3 is 68.2 Å². The number of ether oxygens (including phenoxy) is 10. The number of fused-ring (bicyclic) bond motifs is 6. The maximum atomic E-state index is 12.9. The fourth-order valence-electron chi connectivity index (χ4n) is 10.1. The van der Waals surface area contributed by atoms with Gasteiger partial charge in [-0.1, -0.05) is 12.1 Å². The number of carbonyl (C=O) groups excluding carboxylic acids is 3. The van der Waals surface area contributed by atoms with E-state index in [1.165, 1.54) is 0 Å². The molecule has 0 spiro atoms. The van der Waals surface area contributed by atoms with Crippen molar-refractivity contribution in [2.45, 2.75) is 44.7 Å². The number of nitrogens with zero attached hydrogens (tertiary/aromatic N) is 3. The molecule has 2 fully saturated rings. The second kappa shape index (κ2) is 25.7. The maximum absolute atomic E-state index is 12.9. The third-order valence-corrected chi connectivity index (χ3v) is 13.9.